The van der Waals surface area contributed by atoms with Gasteiger partial charge in [0.25, 0.3) is 0 Å². The van der Waals surface area contributed by atoms with E-state index < -0.39 is 0 Å². The molecule has 1 aliphatic heterocycles. The normalized spacial score (nSPS) is 16.7. The zero-order valence-electron chi connectivity index (χ0n) is 13.8. The molecule has 1 heterocycles. The number of rotatable bonds is 4. The maximum absolute atomic E-state index is 12.5. The molecule has 1 atom stereocenters. The van der Waals surface area contributed by atoms with E-state index in [0.29, 0.717) is 5.75 Å². The molecule has 0 aliphatic carbocycles. The van der Waals surface area contributed by atoms with Gasteiger partial charge in [0.2, 0.25) is 5.91 Å². The van der Waals surface area contributed by atoms with Crippen molar-refractivity contribution >= 4 is 39.3 Å². The van der Waals surface area contributed by atoms with E-state index in [2.05, 4.69) is 22.0 Å². The molecule has 0 spiro atoms. The number of hydrogen-bond acceptors (Lipinski definition) is 3. The summed E-state index contributed by atoms with van der Waals surface area (Å²) >= 11 is 5.25. The summed E-state index contributed by atoms with van der Waals surface area (Å²) in [5.74, 6) is 2.14. The Labute approximate surface area is 165 Å². The first-order chi connectivity index (χ1) is 12.7. The lowest BCUT2D eigenvalue weighted by molar-refractivity contribution is -0.115. The van der Waals surface area contributed by atoms with Gasteiger partial charge >= 0.3 is 0 Å². The van der Waals surface area contributed by atoms with Crippen LogP contribution in [-0.4, -0.2) is 11.7 Å². The summed E-state index contributed by atoms with van der Waals surface area (Å²) in [5.41, 5.74) is 1.98. The number of carbonyl (C=O) groups excluding carboxylic acids is 1. The molecular weight excluding hydrogens is 410 g/mol. The summed E-state index contributed by atoms with van der Waals surface area (Å²) in [7, 11) is 0. The van der Waals surface area contributed by atoms with Crippen LogP contribution in [0.25, 0.3) is 0 Å². The third-order valence-electron chi connectivity index (χ3n) is 4.13. The van der Waals surface area contributed by atoms with Crippen LogP contribution in [0.3, 0.4) is 0 Å². The Morgan fingerprint density at radius 2 is 1.54 bits per heavy atom. The van der Waals surface area contributed by atoms with Crippen molar-refractivity contribution in [1.29, 1.82) is 0 Å². The molecular formula is C21H16BrNO2S. The van der Waals surface area contributed by atoms with Crippen LogP contribution >= 0.6 is 27.7 Å². The highest BCUT2D eigenvalue weighted by atomic mass is 79.9. The van der Waals surface area contributed by atoms with Crippen LogP contribution < -0.4 is 9.64 Å². The average Bonchev–Trinajstić information content (AvgIpc) is 3.05. The lowest BCUT2D eigenvalue weighted by Crippen LogP contribution is -2.27. The number of amides is 1. The molecule has 0 radical (unpaired) electrons. The average molecular weight is 426 g/mol. The number of para-hydroxylation sites is 1. The quantitative estimate of drug-likeness (QED) is 0.511. The van der Waals surface area contributed by atoms with Crippen molar-refractivity contribution in [2.75, 3.05) is 10.7 Å². The van der Waals surface area contributed by atoms with E-state index >= 15 is 0 Å². The van der Waals surface area contributed by atoms with E-state index in [0.717, 1.165) is 27.2 Å². The molecule has 5 heteroatoms. The van der Waals surface area contributed by atoms with Crippen molar-refractivity contribution in [1.82, 2.24) is 0 Å². The number of thioether (sulfide) groups is 1. The molecule has 3 aromatic carbocycles. The van der Waals surface area contributed by atoms with Crippen LogP contribution in [-0.2, 0) is 4.79 Å². The third kappa shape index (κ3) is 3.50. The fourth-order valence-corrected chi connectivity index (χ4v) is 4.77. The minimum absolute atomic E-state index is 0.0287. The molecule has 0 aromatic heterocycles. The van der Waals surface area contributed by atoms with Gasteiger partial charge in [-0.3, -0.25) is 9.69 Å². The highest BCUT2D eigenvalue weighted by Gasteiger charge is 2.34. The minimum atomic E-state index is -0.0287. The maximum Gasteiger partial charge on any atom is 0.238 e. The maximum atomic E-state index is 12.5. The standard InChI is InChI=1S/C21H16BrNO2S/c22-19-9-5-4-8-18(19)21-23(20(24)14-26-21)15-10-12-17(13-11-15)25-16-6-2-1-3-7-16/h1-13,21H,14H2/t21-/m0/s1. The summed E-state index contributed by atoms with van der Waals surface area (Å²) in [5, 5.41) is -0.0287. The minimum Gasteiger partial charge on any atom is -0.457 e. The van der Waals surface area contributed by atoms with Crippen molar-refractivity contribution in [3.05, 3.63) is 88.9 Å². The van der Waals surface area contributed by atoms with E-state index in [1.54, 1.807) is 11.8 Å². The molecule has 0 unspecified atom stereocenters. The lowest BCUT2D eigenvalue weighted by atomic mass is 10.2. The molecule has 3 nitrogen and oxygen atoms in total. The van der Waals surface area contributed by atoms with Crippen LogP contribution in [0.15, 0.2) is 83.3 Å². The number of carbonyl (C=O) groups is 1. The first-order valence-corrected chi connectivity index (χ1v) is 10.1. The van der Waals surface area contributed by atoms with Gasteiger partial charge in [0.15, 0.2) is 0 Å². The van der Waals surface area contributed by atoms with Crippen LogP contribution in [0.4, 0.5) is 5.69 Å². The highest BCUT2D eigenvalue weighted by Crippen LogP contribution is 2.44. The molecule has 26 heavy (non-hydrogen) atoms. The molecule has 0 N–H and O–H groups in total. The number of anilines is 1. The SMILES string of the molecule is O=C1CS[C@@H](c2ccccc2Br)N1c1ccc(Oc2ccccc2)cc1. The van der Waals surface area contributed by atoms with Gasteiger partial charge in [-0.2, -0.15) is 0 Å². The molecule has 1 fully saturated rings. The Kier molecular flexibility index (Phi) is 5.00. The second-order valence-electron chi connectivity index (χ2n) is 5.86. The highest BCUT2D eigenvalue weighted by molar-refractivity contribution is 9.10. The van der Waals surface area contributed by atoms with E-state index in [4.69, 9.17) is 4.74 Å². The number of nitrogens with zero attached hydrogens (tertiary/aromatic N) is 1. The smallest absolute Gasteiger partial charge is 0.238 e. The van der Waals surface area contributed by atoms with Crippen LogP contribution in [0, 0.1) is 0 Å². The molecule has 0 saturated carbocycles. The summed E-state index contributed by atoms with van der Waals surface area (Å²) in [4.78, 5) is 14.4. The lowest BCUT2D eigenvalue weighted by Gasteiger charge is -2.25. The zero-order chi connectivity index (χ0) is 17.9. The van der Waals surface area contributed by atoms with Gasteiger partial charge in [-0.25, -0.2) is 0 Å². The monoisotopic (exact) mass is 425 g/mol. The van der Waals surface area contributed by atoms with Gasteiger partial charge in [0.05, 0.1) is 5.75 Å². The third-order valence-corrected chi connectivity index (χ3v) is 6.05. The number of benzene rings is 3. The molecule has 4 rings (SSSR count). The summed E-state index contributed by atoms with van der Waals surface area (Å²) < 4.78 is 6.85. The molecule has 1 saturated heterocycles. The van der Waals surface area contributed by atoms with Gasteiger partial charge in [-0.1, -0.05) is 52.3 Å². The zero-order valence-corrected chi connectivity index (χ0v) is 16.2. The van der Waals surface area contributed by atoms with Gasteiger partial charge in [-0.05, 0) is 48.0 Å². The van der Waals surface area contributed by atoms with Crippen molar-refractivity contribution in [3.8, 4) is 11.5 Å². The summed E-state index contributed by atoms with van der Waals surface area (Å²) in [6.45, 7) is 0. The topological polar surface area (TPSA) is 29.5 Å². The summed E-state index contributed by atoms with van der Waals surface area (Å²) in [6, 6.07) is 25.4. The van der Waals surface area contributed by atoms with E-state index in [9.17, 15) is 4.79 Å². The fraction of sp³-hybridized carbons (Fsp3) is 0.0952. The Morgan fingerprint density at radius 3 is 2.27 bits per heavy atom. The van der Waals surface area contributed by atoms with Gasteiger partial charge in [0.1, 0.15) is 16.9 Å². The molecule has 1 amide bonds. The molecule has 1 aliphatic rings. The predicted octanol–water partition coefficient (Wildman–Crippen LogP) is 6.02. The fourth-order valence-electron chi connectivity index (χ4n) is 2.91. The summed E-state index contributed by atoms with van der Waals surface area (Å²) in [6.07, 6.45) is 0. The second-order valence-corrected chi connectivity index (χ2v) is 7.78. The Bertz CT molecular complexity index is 915. The number of hydrogen-bond donors (Lipinski definition) is 0. The van der Waals surface area contributed by atoms with Crippen molar-refractivity contribution in [3.63, 3.8) is 0 Å². The second kappa shape index (κ2) is 7.56. The largest absolute Gasteiger partial charge is 0.457 e. The van der Waals surface area contributed by atoms with Gasteiger partial charge in [0, 0.05) is 10.2 Å². The van der Waals surface area contributed by atoms with Crippen LogP contribution in [0.5, 0.6) is 11.5 Å². The number of ether oxygens (including phenoxy) is 1. The van der Waals surface area contributed by atoms with Crippen LogP contribution in [0.2, 0.25) is 0 Å². The van der Waals surface area contributed by atoms with Gasteiger partial charge in [-0.15, -0.1) is 11.8 Å². The molecule has 3 aromatic rings. The molecule has 130 valence electrons. The van der Waals surface area contributed by atoms with Crippen LogP contribution in [0.1, 0.15) is 10.9 Å². The van der Waals surface area contributed by atoms with E-state index in [1.165, 1.54) is 0 Å². The Morgan fingerprint density at radius 1 is 0.885 bits per heavy atom. The van der Waals surface area contributed by atoms with E-state index in [1.807, 2.05) is 77.7 Å². The van der Waals surface area contributed by atoms with Crippen molar-refractivity contribution in [2.45, 2.75) is 5.37 Å². The first kappa shape index (κ1) is 17.2. The van der Waals surface area contributed by atoms with E-state index in [-0.39, 0.29) is 11.3 Å². The van der Waals surface area contributed by atoms with Gasteiger partial charge < -0.3 is 4.74 Å². The Hall–Kier alpha value is -2.24. The number of halogens is 1. The predicted molar refractivity (Wildman–Crippen MR) is 110 cm³/mol. The Balaban J connectivity index is 1.59. The van der Waals surface area contributed by atoms with Crippen molar-refractivity contribution < 1.29 is 9.53 Å². The molecule has 0 bridgehead atoms. The van der Waals surface area contributed by atoms with Crippen molar-refractivity contribution in [2.24, 2.45) is 0 Å². The first-order valence-electron chi connectivity index (χ1n) is 8.23.